The van der Waals surface area contributed by atoms with E-state index in [2.05, 4.69) is 24.1 Å². The minimum Gasteiger partial charge on any atom is -0.462 e. The molecule has 4 nitrogen and oxygen atoms in total. The standard InChI is InChI=1S/C15H26N2O2/c1-12(2)15(17-7-3-4-8-17)10-16-9-13-5-6-14(11-18)19-13/h5-6,12,15-16,18H,3-4,7-11H2,1-2H3. The van der Waals surface area contributed by atoms with Gasteiger partial charge in [0, 0.05) is 12.6 Å². The molecule has 1 aromatic heterocycles. The fourth-order valence-electron chi connectivity index (χ4n) is 2.81. The first-order valence-corrected chi connectivity index (χ1v) is 7.34. The highest BCUT2D eigenvalue weighted by Gasteiger charge is 2.24. The van der Waals surface area contributed by atoms with E-state index in [0.717, 1.165) is 18.8 Å². The normalized spacial score (nSPS) is 18.3. The molecule has 1 fully saturated rings. The second kappa shape index (κ2) is 7.08. The number of hydrogen-bond acceptors (Lipinski definition) is 4. The number of aliphatic hydroxyl groups is 1. The first-order chi connectivity index (χ1) is 9.20. The Balaban J connectivity index is 1.78. The highest BCUT2D eigenvalue weighted by molar-refractivity contribution is 5.06. The van der Waals surface area contributed by atoms with Gasteiger partial charge in [0.1, 0.15) is 18.1 Å². The molecule has 1 saturated heterocycles. The Hall–Kier alpha value is -0.840. The van der Waals surface area contributed by atoms with E-state index in [1.54, 1.807) is 0 Å². The summed E-state index contributed by atoms with van der Waals surface area (Å²) in [5.41, 5.74) is 0. The number of aliphatic hydroxyl groups excluding tert-OH is 1. The molecule has 108 valence electrons. The van der Waals surface area contributed by atoms with Crippen LogP contribution in [0.3, 0.4) is 0 Å². The zero-order valence-corrected chi connectivity index (χ0v) is 12.1. The molecule has 4 heteroatoms. The Labute approximate surface area is 115 Å². The van der Waals surface area contributed by atoms with Gasteiger partial charge in [-0.3, -0.25) is 4.90 Å². The van der Waals surface area contributed by atoms with Crippen molar-refractivity contribution < 1.29 is 9.52 Å². The maximum absolute atomic E-state index is 8.96. The molecule has 0 saturated carbocycles. The van der Waals surface area contributed by atoms with Gasteiger partial charge in [0.2, 0.25) is 0 Å². The fourth-order valence-corrected chi connectivity index (χ4v) is 2.81. The molecular formula is C15H26N2O2. The number of likely N-dealkylation sites (tertiary alicyclic amines) is 1. The summed E-state index contributed by atoms with van der Waals surface area (Å²) in [6.45, 7) is 8.76. The average Bonchev–Trinajstić information content (AvgIpc) is 3.05. The van der Waals surface area contributed by atoms with Crippen molar-refractivity contribution in [3.05, 3.63) is 23.7 Å². The van der Waals surface area contributed by atoms with Crippen molar-refractivity contribution in [2.75, 3.05) is 19.6 Å². The zero-order valence-electron chi connectivity index (χ0n) is 12.1. The fraction of sp³-hybridized carbons (Fsp3) is 0.733. The Morgan fingerprint density at radius 3 is 2.53 bits per heavy atom. The summed E-state index contributed by atoms with van der Waals surface area (Å²) in [5, 5.41) is 12.4. The smallest absolute Gasteiger partial charge is 0.129 e. The molecule has 0 aromatic carbocycles. The van der Waals surface area contributed by atoms with Crippen molar-refractivity contribution in [3.8, 4) is 0 Å². The number of hydrogen-bond donors (Lipinski definition) is 2. The molecule has 1 aliphatic heterocycles. The van der Waals surface area contributed by atoms with Gasteiger partial charge in [-0.2, -0.15) is 0 Å². The lowest BCUT2D eigenvalue weighted by Crippen LogP contribution is -2.44. The van der Waals surface area contributed by atoms with Gasteiger partial charge in [-0.15, -0.1) is 0 Å². The van der Waals surface area contributed by atoms with Crippen LogP contribution in [-0.2, 0) is 13.2 Å². The zero-order chi connectivity index (χ0) is 13.7. The third kappa shape index (κ3) is 4.06. The molecule has 1 aromatic rings. The number of nitrogens with zero attached hydrogens (tertiary/aromatic N) is 1. The summed E-state index contributed by atoms with van der Waals surface area (Å²) >= 11 is 0. The summed E-state index contributed by atoms with van der Waals surface area (Å²) in [6, 6.07) is 4.37. The molecule has 2 rings (SSSR count). The molecule has 0 bridgehead atoms. The second-order valence-electron chi connectivity index (χ2n) is 5.71. The van der Waals surface area contributed by atoms with Gasteiger partial charge in [0.25, 0.3) is 0 Å². The van der Waals surface area contributed by atoms with Crippen molar-refractivity contribution in [2.45, 2.75) is 45.9 Å². The van der Waals surface area contributed by atoms with Crippen molar-refractivity contribution in [1.29, 1.82) is 0 Å². The van der Waals surface area contributed by atoms with Crippen molar-refractivity contribution in [2.24, 2.45) is 5.92 Å². The maximum Gasteiger partial charge on any atom is 0.129 e. The van der Waals surface area contributed by atoms with E-state index in [9.17, 15) is 0 Å². The highest BCUT2D eigenvalue weighted by Crippen LogP contribution is 2.17. The van der Waals surface area contributed by atoms with E-state index in [0.29, 0.717) is 17.7 Å². The van der Waals surface area contributed by atoms with Crippen LogP contribution in [0.15, 0.2) is 16.5 Å². The van der Waals surface area contributed by atoms with Crippen molar-refractivity contribution in [1.82, 2.24) is 10.2 Å². The van der Waals surface area contributed by atoms with Gasteiger partial charge in [0.15, 0.2) is 0 Å². The van der Waals surface area contributed by atoms with E-state index in [1.807, 2.05) is 12.1 Å². The van der Waals surface area contributed by atoms with Gasteiger partial charge >= 0.3 is 0 Å². The predicted octanol–water partition coefficient (Wildman–Crippen LogP) is 1.98. The highest BCUT2D eigenvalue weighted by atomic mass is 16.4. The second-order valence-corrected chi connectivity index (χ2v) is 5.71. The molecule has 0 aliphatic carbocycles. The third-order valence-corrected chi connectivity index (χ3v) is 3.91. The van der Waals surface area contributed by atoms with Crippen LogP contribution in [0.5, 0.6) is 0 Å². The molecule has 2 heterocycles. The Kier molecular flexibility index (Phi) is 5.43. The average molecular weight is 266 g/mol. The van der Waals surface area contributed by atoms with E-state index < -0.39 is 0 Å². The lowest BCUT2D eigenvalue weighted by Gasteiger charge is -2.31. The number of furan rings is 1. The Morgan fingerprint density at radius 2 is 1.95 bits per heavy atom. The van der Waals surface area contributed by atoms with E-state index in [-0.39, 0.29) is 6.61 Å². The molecule has 0 spiro atoms. The van der Waals surface area contributed by atoms with Gasteiger partial charge in [-0.05, 0) is 44.0 Å². The lowest BCUT2D eigenvalue weighted by atomic mass is 10.0. The number of nitrogens with one attached hydrogen (secondary N) is 1. The van der Waals surface area contributed by atoms with Crippen LogP contribution in [0, 0.1) is 5.92 Å². The minimum atomic E-state index is -0.0254. The molecule has 0 amide bonds. The van der Waals surface area contributed by atoms with Gasteiger partial charge in [-0.25, -0.2) is 0 Å². The van der Waals surface area contributed by atoms with E-state index in [4.69, 9.17) is 9.52 Å². The predicted molar refractivity (Wildman–Crippen MR) is 75.8 cm³/mol. The largest absolute Gasteiger partial charge is 0.462 e. The minimum absolute atomic E-state index is 0.0254. The molecule has 1 aliphatic rings. The van der Waals surface area contributed by atoms with Crippen LogP contribution in [-0.4, -0.2) is 35.7 Å². The van der Waals surface area contributed by atoms with Crippen molar-refractivity contribution in [3.63, 3.8) is 0 Å². The number of rotatable bonds is 7. The molecule has 1 unspecified atom stereocenters. The summed E-state index contributed by atoms with van der Waals surface area (Å²) in [4.78, 5) is 2.60. The Morgan fingerprint density at radius 1 is 1.26 bits per heavy atom. The summed E-state index contributed by atoms with van der Waals surface area (Å²) in [5.74, 6) is 2.19. The summed E-state index contributed by atoms with van der Waals surface area (Å²) in [6.07, 6.45) is 2.67. The molecule has 2 N–H and O–H groups in total. The first-order valence-electron chi connectivity index (χ1n) is 7.34. The monoisotopic (exact) mass is 266 g/mol. The summed E-state index contributed by atoms with van der Waals surface area (Å²) < 4.78 is 5.47. The SMILES string of the molecule is CC(C)C(CNCc1ccc(CO)o1)N1CCCC1. The maximum atomic E-state index is 8.96. The van der Waals surface area contributed by atoms with Gasteiger partial charge in [0.05, 0.1) is 6.54 Å². The first kappa shape index (κ1) is 14.6. The third-order valence-electron chi connectivity index (χ3n) is 3.91. The topological polar surface area (TPSA) is 48.6 Å². The molecule has 19 heavy (non-hydrogen) atoms. The van der Waals surface area contributed by atoms with Gasteiger partial charge < -0.3 is 14.8 Å². The van der Waals surface area contributed by atoms with Crippen LogP contribution in [0.4, 0.5) is 0 Å². The molecule has 0 radical (unpaired) electrons. The van der Waals surface area contributed by atoms with E-state index >= 15 is 0 Å². The van der Waals surface area contributed by atoms with Crippen molar-refractivity contribution >= 4 is 0 Å². The molecular weight excluding hydrogens is 240 g/mol. The lowest BCUT2D eigenvalue weighted by molar-refractivity contribution is 0.184. The quantitative estimate of drug-likeness (QED) is 0.792. The van der Waals surface area contributed by atoms with Crippen LogP contribution in [0.1, 0.15) is 38.2 Å². The van der Waals surface area contributed by atoms with Crippen LogP contribution in [0.2, 0.25) is 0 Å². The van der Waals surface area contributed by atoms with Gasteiger partial charge in [-0.1, -0.05) is 13.8 Å². The van der Waals surface area contributed by atoms with Crippen LogP contribution < -0.4 is 5.32 Å². The Bertz CT molecular complexity index is 370. The van der Waals surface area contributed by atoms with E-state index in [1.165, 1.54) is 25.9 Å². The van der Waals surface area contributed by atoms with Crippen LogP contribution in [0.25, 0.3) is 0 Å². The summed E-state index contributed by atoms with van der Waals surface area (Å²) in [7, 11) is 0. The molecule has 1 atom stereocenters. The van der Waals surface area contributed by atoms with Crippen LogP contribution >= 0.6 is 0 Å².